The van der Waals surface area contributed by atoms with Crippen molar-refractivity contribution in [2.45, 2.75) is 9.79 Å². The minimum absolute atomic E-state index is 0.297. The topological polar surface area (TPSA) is 20.2 Å². The van der Waals surface area contributed by atoms with Crippen LogP contribution in [0.3, 0.4) is 0 Å². The number of thiophene rings is 1. The number of thioether (sulfide) groups is 1. The van der Waals surface area contributed by atoms with E-state index in [1.54, 1.807) is 11.3 Å². The predicted molar refractivity (Wildman–Crippen MR) is 62.5 cm³/mol. The highest BCUT2D eigenvalue weighted by atomic mass is 32.2. The van der Waals surface area contributed by atoms with Gasteiger partial charge in [0.05, 0.1) is 14.5 Å². The van der Waals surface area contributed by atoms with Gasteiger partial charge in [0.1, 0.15) is 5.75 Å². The van der Waals surface area contributed by atoms with Crippen LogP contribution in [0.1, 0.15) is 0 Å². The molecule has 1 nitrogen and oxygen atoms in total. The molecule has 0 spiro atoms. The van der Waals surface area contributed by atoms with E-state index in [-0.39, 0.29) is 0 Å². The van der Waals surface area contributed by atoms with Crippen molar-refractivity contribution in [1.29, 1.82) is 0 Å². The molecule has 0 aliphatic rings. The number of benzene rings is 1. The Morgan fingerprint density at radius 3 is 3.00 bits per heavy atom. The van der Waals surface area contributed by atoms with Crippen molar-refractivity contribution in [3.05, 3.63) is 17.5 Å². The summed E-state index contributed by atoms with van der Waals surface area (Å²) in [5.41, 5.74) is 0. The Bertz CT molecular complexity index is 447. The van der Waals surface area contributed by atoms with Gasteiger partial charge in [0.25, 0.3) is 0 Å². The van der Waals surface area contributed by atoms with Crippen LogP contribution in [0.25, 0.3) is 10.1 Å². The largest absolute Gasteiger partial charge is 0.506 e. The van der Waals surface area contributed by atoms with Gasteiger partial charge >= 0.3 is 0 Å². The van der Waals surface area contributed by atoms with Crippen molar-refractivity contribution >= 4 is 45.8 Å². The number of fused-ring (bicyclic) bond motifs is 1. The zero-order valence-electron chi connectivity index (χ0n) is 6.94. The van der Waals surface area contributed by atoms with Crippen LogP contribution >= 0.6 is 35.7 Å². The van der Waals surface area contributed by atoms with Crippen LogP contribution in [0.2, 0.25) is 0 Å². The van der Waals surface area contributed by atoms with E-state index in [9.17, 15) is 5.11 Å². The van der Waals surface area contributed by atoms with Gasteiger partial charge < -0.3 is 5.11 Å². The van der Waals surface area contributed by atoms with Crippen LogP contribution in [0.4, 0.5) is 0 Å². The lowest BCUT2D eigenvalue weighted by molar-refractivity contribution is 0.451. The van der Waals surface area contributed by atoms with Crippen LogP contribution < -0.4 is 0 Å². The fourth-order valence-electron chi connectivity index (χ4n) is 1.21. The molecule has 0 radical (unpaired) electrons. The van der Waals surface area contributed by atoms with Gasteiger partial charge in [0.2, 0.25) is 0 Å². The fraction of sp³-hybridized carbons (Fsp3) is 0.111. The summed E-state index contributed by atoms with van der Waals surface area (Å²) < 4.78 is 1.05. The minimum atomic E-state index is 0.297. The van der Waals surface area contributed by atoms with Gasteiger partial charge in [-0.15, -0.1) is 35.7 Å². The van der Waals surface area contributed by atoms with Crippen LogP contribution in [-0.4, -0.2) is 11.4 Å². The van der Waals surface area contributed by atoms with Crippen molar-refractivity contribution in [3.63, 3.8) is 0 Å². The summed E-state index contributed by atoms with van der Waals surface area (Å²) in [7, 11) is 0. The standard InChI is InChI=1S/C9H8OS3/c1-12-6-4-5-2-3-13-9(5)8(11)7(6)10/h2-4,10-11H,1H3. The third kappa shape index (κ3) is 1.43. The molecule has 0 bridgehead atoms. The van der Waals surface area contributed by atoms with Gasteiger partial charge in [-0.05, 0) is 29.2 Å². The molecule has 2 rings (SSSR count). The molecule has 13 heavy (non-hydrogen) atoms. The Kier molecular flexibility index (Phi) is 2.45. The lowest BCUT2D eigenvalue weighted by Gasteiger charge is -2.04. The molecular weight excluding hydrogens is 220 g/mol. The average Bonchev–Trinajstić information content (AvgIpc) is 2.59. The first-order valence-electron chi connectivity index (χ1n) is 3.70. The van der Waals surface area contributed by atoms with E-state index in [0.29, 0.717) is 10.6 Å². The second-order valence-corrected chi connectivity index (χ2v) is 4.83. The Morgan fingerprint density at radius 2 is 2.31 bits per heavy atom. The monoisotopic (exact) mass is 228 g/mol. The first kappa shape index (κ1) is 9.24. The van der Waals surface area contributed by atoms with E-state index >= 15 is 0 Å². The molecule has 1 aromatic carbocycles. The van der Waals surface area contributed by atoms with Crippen LogP contribution in [0.15, 0.2) is 27.3 Å². The van der Waals surface area contributed by atoms with E-state index in [0.717, 1.165) is 15.0 Å². The van der Waals surface area contributed by atoms with E-state index in [4.69, 9.17) is 0 Å². The highest BCUT2D eigenvalue weighted by molar-refractivity contribution is 7.98. The summed E-state index contributed by atoms with van der Waals surface area (Å²) in [5, 5.41) is 12.9. The molecule has 0 amide bonds. The summed E-state index contributed by atoms with van der Waals surface area (Å²) in [4.78, 5) is 1.58. The SMILES string of the molecule is CSc1cc2ccsc2c(S)c1O. The summed E-state index contributed by atoms with van der Waals surface area (Å²) >= 11 is 7.44. The lowest BCUT2D eigenvalue weighted by Crippen LogP contribution is -1.76. The molecule has 0 fully saturated rings. The fourth-order valence-corrected chi connectivity index (χ4v) is 3.06. The molecule has 0 saturated heterocycles. The zero-order chi connectivity index (χ0) is 9.42. The number of rotatable bonds is 1. The second kappa shape index (κ2) is 3.44. The molecule has 4 heteroatoms. The molecule has 1 aromatic heterocycles. The average molecular weight is 228 g/mol. The molecule has 0 atom stereocenters. The summed E-state index contributed by atoms with van der Waals surface area (Å²) in [6, 6.07) is 4.03. The number of phenols is 1. The normalized spacial score (nSPS) is 10.9. The number of thiol groups is 1. The van der Waals surface area contributed by atoms with E-state index in [1.807, 2.05) is 23.8 Å². The summed E-state index contributed by atoms with van der Waals surface area (Å²) in [5.74, 6) is 0.297. The van der Waals surface area contributed by atoms with Crippen molar-refractivity contribution < 1.29 is 5.11 Å². The Hall–Kier alpha value is -0.320. The van der Waals surface area contributed by atoms with Gasteiger partial charge in [-0.3, -0.25) is 0 Å². The first-order valence-corrected chi connectivity index (χ1v) is 6.25. The van der Waals surface area contributed by atoms with Crippen molar-refractivity contribution in [1.82, 2.24) is 0 Å². The molecule has 0 aliphatic heterocycles. The molecule has 0 aliphatic carbocycles. The number of hydrogen-bond acceptors (Lipinski definition) is 4. The second-order valence-electron chi connectivity index (χ2n) is 2.61. The zero-order valence-corrected chi connectivity index (χ0v) is 9.47. The van der Waals surface area contributed by atoms with E-state index in [2.05, 4.69) is 12.6 Å². The predicted octanol–water partition coefficient (Wildman–Crippen LogP) is 3.62. The van der Waals surface area contributed by atoms with Crippen molar-refractivity contribution in [2.24, 2.45) is 0 Å². The number of hydrogen-bond donors (Lipinski definition) is 2. The van der Waals surface area contributed by atoms with Gasteiger partial charge in [0.15, 0.2) is 0 Å². The third-order valence-corrected chi connectivity index (χ3v) is 4.16. The smallest absolute Gasteiger partial charge is 0.143 e. The Balaban J connectivity index is 2.83. The Morgan fingerprint density at radius 1 is 1.54 bits per heavy atom. The molecule has 2 aromatic rings. The highest BCUT2D eigenvalue weighted by Gasteiger charge is 2.09. The van der Waals surface area contributed by atoms with Crippen molar-refractivity contribution in [2.75, 3.05) is 6.26 Å². The van der Waals surface area contributed by atoms with E-state index in [1.165, 1.54) is 11.8 Å². The maximum Gasteiger partial charge on any atom is 0.143 e. The minimum Gasteiger partial charge on any atom is -0.506 e. The molecular formula is C9H8OS3. The van der Waals surface area contributed by atoms with Gasteiger partial charge in [-0.2, -0.15) is 0 Å². The maximum absolute atomic E-state index is 9.72. The van der Waals surface area contributed by atoms with Gasteiger partial charge in [-0.1, -0.05) is 0 Å². The molecule has 0 unspecified atom stereocenters. The molecule has 1 heterocycles. The summed E-state index contributed by atoms with van der Waals surface area (Å²) in [6.07, 6.45) is 1.94. The van der Waals surface area contributed by atoms with Gasteiger partial charge in [-0.25, -0.2) is 0 Å². The van der Waals surface area contributed by atoms with Crippen LogP contribution in [-0.2, 0) is 0 Å². The molecule has 68 valence electrons. The lowest BCUT2D eigenvalue weighted by atomic mass is 10.2. The van der Waals surface area contributed by atoms with Crippen LogP contribution in [0.5, 0.6) is 5.75 Å². The molecule has 1 N–H and O–H groups in total. The van der Waals surface area contributed by atoms with Gasteiger partial charge in [0, 0.05) is 0 Å². The quantitative estimate of drug-likeness (QED) is 0.574. The highest BCUT2D eigenvalue weighted by Crippen LogP contribution is 2.40. The summed E-state index contributed by atoms with van der Waals surface area (Å²) in [6.45, 7) is 0. The van der Waals surface area contributed by atoms with E-state index < -0.39 is 0 Å². The third-order valence-electron chi connectivity index (χ3n) is 1.87. The Labute approximate surface area is 90.2 Å². The molecule has 0 saturated carbocycles. The first-order chi connectivity index (χ1) is 6.24. The number of phenolic OH excluding ortho intramolecular Hbond substituents is 1. The van der Waals surface area contributed by atoms with Crippen molar-refractivity contribution in [3.8, 4) is 5.75 Å². The maximum atomic E-state index is 9.72. The van der Waals surface area contributed by atoms with Crippen LogP contribution in [0, 0.1) is 0 Å². The number of aromatic hydroxyl groups is 1.